The lowest BCUT2D eigenvalue weighted by atomic mass is 9.94. The summed E-state index contributed by atoms with van der Waals surface area (Å²) in [6, 6.07) is 12.1. The number of carbonyl (C=O) groups is 2. The summed E-state index contributed by atoms with van der Waals surface area (Å²) in [4.78, 5) is 27.5. The van der Waals surface area contributed by atoms with E-state index in [1.807, 2.05) is 0 Å². The number of benzene rings is 2. The summed E-state index contributed by atoms with van der Waals surface area (Å²) < 4.78 is 21.3. The van der Waals surface area contributed by atoms with Crippen LogP contribution in [0.2, 0.25) is 0 Å². The minimum absolute atomic E-state index is 0.114. The highest BCUT2D eigenvalue weighted by molar-refractivity contribution is 6.51. The molecule has 170 valence electrons. The quantitative estimate of drug-likeness (QED) is 0.344. The van der Waals surface area contributed by atoms with Crippen molar-refractivity contribution in [3.05, 3.63) is 71.0 Å². The highest BCUT2D eigenvalue weighted by Crippen LogP contribution is 2.47. The van der Waals surface area contributed by atoms with Gasteiger partial charge in [-0.25, -0.2) is 0 Å². The molecule has 1 aliphatic rings. The van der Waals surface area contributed by atoms with Gasteiger partial charge in [0.2, 0.25) is 0 Å². The Morgan fingerprint density at radius 1 is 1.03 bits per heavy atom. The fourth-order valence-electron chi connectivity index (χ4n) is 3.86. The largest absolute Gasteiger partial charge is 0.507 e. The molecule has 0 saturated carbocycles. The molecule has 1 aromatic heterocycles. The number of aliphatic hydroxyl groups excluding tert-OH is 1. The Balaban J connectivity index is 1.98. The summed E-state index contributed by atoms with van der Waals surface area (Å²) in [5.41, 5.74) is 0.668. The average molecular weight is 450 g/mol. The van der Waals surface area contributed by atoms with Gasteiger partial charge in [0, 0.05) is 17.2 Å². The van der Waals surface area contributed by atoms with Crippen LogP contribution >= 0.6 is 0 Å². The van der Waals surface area contributed by atoms with E-state index in [1.54, 1.807) is 49.4 Å². The van der Waals surface area contributed by atoms with Gasteiger partial charge in [-0.2, -0.15) is 0 Å². The van der Waals surface area contributed by atoms with Gasteiger partial charge in [-0.1, -0.05) is 17.3 Å². The fraction of sp³-hybridized carbons (Fsp3) is 0.208. The molecule has 3 aromatic rings. The normalized spacial score (nSPS) is 17.3. The van der Waals surface area contributed by atoms with Gasteiger partial charge in [0.1, 0.15) is 23.3 Å². The predicted molar refractivity (Wildman–Crippen MR) is 119 cm³/mol. The van der Waals surface area contributed by atoms with E-state index >= 15 is 0 Å². The molecule has 33 heavy (non-hydrogen) atoms. The Morgan fingerprint density at radius 3 is 2.33 bits per heavy atom. The molecule has 0 aliphatic carbocycles. The van der Waals surface area contributed by atoms with E-state index < -0.39 is 17.7 Å². The standard InChI is InChI=1S/C24H22N2O7/c1-13-12-18(25-33-13)26-20(16-6-5-7-17(31-3)23(16)32-4)19(22(28)24(26)29)21(27)14-8-10-15(30-2)11-9-14/h5-12,20,27H,1-4H3/t20-/m1/s1. The van der Waals surface area contributed by atoms with Gasteiger partial charge in [0.05, 0.1) is 26.9 Å². The molecule has 1 saturated heterocycles. The second kappa shape index (κ2) is 8.70. The summed E-state index contributed by atoms with van der Waals surface area (Å²) in [6.07, 6.45) is 0. The van der Waals surface area contributed by atoms with Gasteiger partial charge in [-0.15, -0.1) is 0 Å². The molecule has 2 heterocycles. The third-order valence-electron chi connectivity index (χ3n) is 5.40. The number of Topliss-reactive ketones (excluding diaryl/α,β-unsaturated/α-hetero) is 1. The number of anilines is 1. The zero-order valence-corrected chi connectivity index (χ0v) is 18.5. The first-order valence-electron chi connectivity index (χ1n) is 10.0. The van der Waals surface area contributed by atoms with Crippen LogP contribution in [0.25, 0.3) is 5.76 Å². The van der Waals surface area contributed by atoms with Crippen molar-refractivity contribution >= 4 is 23.3 Å². The van der Waals surface area contributed by atoms with Crippen molar-refractivity contribution in [2.24, 2.45) is 0 Å². The lowest BCUT2D eigenvalue weighted by molar-refractivity contribution is -0.132. The van der Waals surface area contributed by atoms with Gasteiger partial charge >= 0.3 is 5.91 Å². The smallest absolute Gasteiger partial charge is 0.301 e. The van der Waals surface area contributed by atoms with E-state index in [9.17, 15) is 14.7 Å². The molecule has 0 unspecified atom stereocenters. The van der Waals surface area contributed by atoms with Crippen molar-refractivity contribution in [1.29, 1.82) is 0 Å². The number of aryl methyl sites for hydroxylation is 1. The van der Waals surface area contributed by atoms with Crippen LogP contribution in [0.4, 0.5) is 5.82 Å². The number of para-hydroxylation sites is 1. The van der Waals surface area contributed by atoms with Crippen LogP contribution in [0.5, 0.6) is 17.2 Å². The number of carbonyl (C=O) groups excluding carboxylic acids is 2. The average Bonchev–Trinajstić information content (AvgIpc) is 3.38. The van der Waals surface area contributed by atoms with Crippen LogP contribution < -0.4 is 19.1 Å². The third-order valence-corrected chi connectivity index (χ3v) is 5.40. The first-order chi connectivity index (χ1) is 15.9. The Morgan fingerprint density at radius 2 is 1.76 bits per heavy atom. The van der Waals surface area contributed by atoms with Crippen molar-refractivity contribution in [1.82, 2.24) is 5.16 Å². The maximum Gasteiger partial charge on any atom is 0.301 e. The highest BCUT2D eigenvalue weighted by Gasteiger charge is 2.49. The maximum atomic E-state index is 13.2. The minimum atomic E-state index is -1.04. The molecule has 4 rings (SSSR count). The van der Waals surface area contributed by atoms with Crippen molar-refractivity contribution in [3.63, 3.8) is 0 Å². The molecule has 0 bridgehead atoms. The topological polar surface area (TPSA) is 111 Å². The van der Waals surface area contributed by atoms with Gasteiger partial charge in [0.15, 0.2) is 17.3 Å². The number of rotatable bonds is 6. The molecule has 1 N–H and O–H groups in total. The van der Waals surface area contributed by atoms with E-state index in [0.717, 1.165) is 0 Å². The Labute approximate surface area is 189 Å². The van der Waals surface area contributed by atoms with E-state index in [1.165, 1.54) is 32.3 Å². The molecular formula is C24H22N2O7. The first kappa shape index (κ1) is 21.9. The lowest BCUT2D eigenvalue weighted by Crippen LogP contribution is -2.30. The lowest BCUT2D eigenvalue weighted by Gasteiger charge is -2.25. The predicted octanol–water partition coefficient (Wildman–Crippen LogP) is 3.64. The second-order valence-corrected chi connectivity index (χ2v) is 7.28. The van der Waals surface area contributed by atoms with Crippen molar-refractivity contribution in [3.8, 4) is 17.2 Å². The summed E-state index contributed by atoms with van der Waals surface area (Å²) in [5.74, 6) is -0.160. The van der Waals surface area contributed by atoms with Crippen LogP contribution in [0.15, 0.2) is 58.6 Å². The number of ether oxygens (including phenoxy) is 3. The van der Waals surface area contributed by atoms with Gasteiger partial charge < -0.3 is 23.8 Å². The summed E-state index contributed by atoms with van der Waals surface area (Å²) in [7, 11) is 4.46. The molecule has 0 radical (unpaired) electrons. The first-order valence-corrected chi connectivity index (χ1v) is 10.0. The molecule has 1 atom stereocenters. The number of aromatic nitrogens is 1. The van der Waals surface area contributed by atoms with E-state index in [4.69, 9.17) is 18.7 Å². The second-order valence-electron chi connectivity index (χ2n) is 7.28. The van der Waals surface area contributed by atoms with E-state index in [2.05, 4.69) is 5.16 Å². The Kier molecular flexibility index (Phi) is 5.78. The van der Waals surface area contributed by atoms with Crippen molar-refractivity contribution < 1.29 is 33.4 Å². The van der Waals surface area contributed by atoms with Gasteiger partial charge in [-0.3, -0.25) is 14.5 Å². The zero-order chi connectivity index (χ0) is 23.7. The summed E-state index contributed by atoms with van der Waals surface area (Å²) in [5, 5.41) is 15.1. The molecule has 1 amide bonds. The summed E-state index contributed by atoms with van der Waals surface area (Å²) >= 11 is 0. The Hall–Kier alpha value is -4.27. The number of nitrogens with zero attached hydrogens (tertiary/aromatic N) is 2. The number of ketones is 1. The molecule has 1 fully saturated rings. The van der Waals surface area contributed by atoms with Gasteiger partial charge in [-0.05, 0) is 37.3 Å². The van der Waals surface area contributed by atoms with Crippen LogP contribution in [0.3, 0.4) is 0 Å². The molecule has 9 nitrogen and oxygen atoms in total. The summed E-state index contributed by atoms with van der Waals surface area (Å²) in [6.45, 7) is 1.67. The van der Waals surface area contributed by atoms with Gasteiger partial charge in [0.25, 0.3) is 5.78 Å². The third kappa shape index (κ3) is 3.67. The van der Waals surface area contributed by atoms with E-state index in [0.29, 0.717) is 34.1 Å². The number of aliphatic hydroxyl groups is 1. The van der Waals surface area contributed by atoms with Crippen molar-refractivity contribution in [2.45, 2.75) is 13.0 Å². The molecule has 2 aromatic carbocycles. The van der Waals surface area contributed by atoms with Crippen LogP contribution in [0, 0.1) is 6.92 Å². The van der Waals surface area contributed by atoms with Crippen molar-refractivity contribution in [2.75, 3.05) is 26.2 Å². The van der Waals surface area contributed by atoms with Crippen LogP contribution in [-0.2, 0) is 9.59 Å². The minimum Gasteiger partial charge on any atom is -0.507 e. The SMILES string of the molecule is COc1ccc(C(O)=C2C(=O)C(=O)N(c3cc(C)on3)[C@@H]2c2cccc(OC)c2OC)cc1. The van der Waals surface area contributed by atoms with E-state index in [-0.39, 0.29) is 17.2 Å². The fourth-order valence-corrected chi connectivity index (χ4v) is 3.86. The monoisotopic (exact) mass is 450 g/mol. The molecular weight excluding hydrogens is 428 g/mol. The molecule has 9 heteroatoms. The van der Waals surface area contributed by atoms with Crippen LogP contribution in [-0.4, -0.2) is 43.3 Å². The number of hydrogen-bond acceptors (Lipinski definition) is 8. The number of methoxy groups -OCH3 is 3. The maximum absolute atomic E-state index is 13.2. The van der Waals surface area contributed by atoms with Crippen LogP contribution in [0.1, 0.15) is 22.9 Å². The Bertz CT molecular complexity index is 1240. The number of amides is 1. The number of hydrogen-bond donors (Lipinski definition) is 1. The zero-order valence-electron chi connectivity index (χ0n) is 18.5. The molecule has 1 aliphatic heterocycles. The molecule has 0 spiro atoms. The highest BCUT2D eigenvalue weighted by atomic mass is 16.5.